The number of fused-ring (bicyclic) bond motifs is 1. The van der Waals surface area contributed by atoms with Crippen LogP contribution in [0.1, 0.15) is 0 Å². The van der Waals surface area contributed by atoms with E-state index in [0.29, 0.717) is 0 Å². The summed E-state index contributed by atoms with van der Waals surface area (Å²) in [7, 11) is 0. The third-order valence-electron chi connectivity index (χ3n) is 3.68. The summed E-state index contributed by atoms with van der Waals surface area (Å²) in [6, 6.07) is 12.3. The molecule has 3 aromatic rings. The van der Waals surface area contributed by atoms with Crippen LogP contribution in [0.15, 0.2) is 59.8 Å². The van der Waals surface area contributed by atoms with Crippen LogP contribution >= 0.6 is 0 Å². The fraction of sp³-hybridized carbons (Fsp3) is 0.235. The SMILES string of the molecule is O=C(Cn1cnc2ccccc21)NCC(O)Cn1ccccc1=O. The average Bonchev–Trinajstić information content (AvgIpc) is 2.98. The molecule has 1 aromatic carbocycles. The van der Waals surface area contributed by atoms with E-state index in [4.69, 9.17) is 0 Å². The molecule has 2 heterocycles. The number of hydrogen-bond acceptors (Lipinski definition) is 4. The zero-order chi connectivity index (χ0) is 16.9. The summed E-state index contributed by atoms with van der Waals surface area (Å²) < 4.78 is 3.15. The van der Waals surface area contributed by atoms with E-state index >= 15 is 0 Å². The van der Waals surface area contributed by atoms with Gasteiger partial charge in [0, 0.05) is 18.8 Å². The van der Waals surface area contributed by atoms with Gasteiger partial charge in [0.1, 0.15) is 6.54 Å². The first-order valence-corrected chi connectivity index (χ1v) is 7.63. The highest BCUT2D eigenvalue weighted by Crippen LogP contribution is 2.11. The summed E-state index contributed by atoms with van der Waals surface area (Å²) >= 11 is 0. The molecular weight excluding hydrogens is 308 g/mol. The topological polar surface area (TPSA) is 89.2 Å². The quantitative estimate of drug-likeness (QED) is 0.685. The number of amides is 1. The van der Waals surface area contributed by atoms with Crippen molar-refractivity contribution in [1.82, 2.24) is 19.4 Å². The molecule has 0 fully saturated rings. The molecule has 0 aliphatic carbocycles. The highest BCUT2D eigenvalue weighted by Gasteiger charge is 2.10. The number of para-hydroxylation sites is 2. The van der Waals surface area contributed by atoms with Crippen LogP contribution in [0.2, 0.25) is 0 Å². The molecule has 0 bridgehead atoms. The summed E-state index contributed by atoms with van der Waals surface area (Å²) in [6.07, 6.45) is 2.38. The molecule has 3 rings (SSSR count). The Hall–Kier alpha value is -2.93. The van der Waals surface area contributed by atoms with Crippen LogP contribution in [-0.2, 0) is 17.9 Å². The summed E-state index contributed by atoms with van der Waals surface area (Å²) in [4.78, 5) is 27.8. The minimum absolute atomic E-state index is 0.0762. The Morgan fingerprint density at radius 3 is 2.79 bits per heavy atom. The lowest BCUT2D eigenvalue weighted by Crippen LogP contribution is -2.37. The number of aliphatic hydroxyl groups excluding tert-OH is 1. The fourth-order valence-electron chi connectivity index (χ4n) is 2.48. The van der Waals surface area contributed by atoms with E-state index in [1.165, 1.54) is 10.6 Å². The Kier molecular flexibility index (Phi) is 4.72. The van der Waals surface area contributed by atoms with Gasteiger partial charge in [-0.25, -0.2) is 4.98 Å². The van der Waals surface area contributed by atoms with Crippen molar-refractivity contribution in [2.75, 3.05) is 6.54 Å². The molecule has 0 saturated heterocycles. The van der Waals surface area contributed by atoms with Crippen molar-refractivity contribution in [3.05, 3.63) is 65.3 Å². The van der Waals surface area contributed by atoms with Crippen LogP contribution in [0.5, 0.6) is 0 Å². The van der Waals surface area contributed by atoms with Gasteiger partial charge in [-0.3, -0.25) is 9.59 Å². The van der Waals surface area contributed by atoms with Gasteiger partial charge in [-0.05, 0) is 18.2 Å². The number of carbonyl (C=O) groups is 1. The van der Waals surface area contributed by atoms with Crippen LogP contribution in [0.3, 0.4) is 0 Å². The molecule has 1 amide bonds. The van der Waals surface area contributed by atoms with Crippen molar-refractivity contribution in [3.63, 3.8) is 0 Å². The average molecular weight is 326 g/mol. The molecule has 0 aliphatic heterocycles. The normalized spacial score (nSPS) is 12.2. The lowest BCUT2D eigenvalue weighted by molar-refractivity contribution is -0.122. The van der Waals surface area contributed by atoms with E-state index in [2.05, 4.69) is 10.3 Å². The van der Waals surface area contributed by atoms with Gasteiger partial charge in [-0.15, -0.1) is 0 Å². The van der Waals surface area contributed by atoms with Crippen LogP contribution in [0.4, 0.5) is 0 Å². The number of benzene rings is 1. The third-order valence-corrected chi connectivity index (χ3v) is 3.68. The van der Waals surface area contributed by atoms with Gasteiger partial charge in [0.25, 0.3) is 5.56 Å². The van der Waals surface area contributed by atoms with Gasteiger partial charge in [0.2, 0.25) is 5.91 Å². The number of rotatable bonds is 6. The molecule has 2 aromatic heterocycles. The van der Waals surface area contributed by atoms with Gasteiger partial charge in [0.15, 0.2) is 0 Å². The van der Waals surface area contributed by atoms with Crippen molar-refractivity contribution in [3.8, 4) is 0 Å². The van der Waals surface area contributed by atoms with Crippen LogP contribution in [0.25, 0.3) is 11.0 Å². The lowest BCUT2D eigenvalue weighted by Gasteiger charge is -2.13. The number of nitrogens with one attached hydrogen (secondary N) is 1. The van der Waals surface area contributed by atoms with Crippen molar-refractivity contribution >= 4 is 16.9 Å². The van der Waals surface area contributed by atoms with Crippen LogP contribution in [-0.4, -0.2) is 37.8 Å². The Balaban J connectivity index is 1.54. The molecule has 7 nitrogen and oxygen atoms in total. The highest BCUT2D eigenvalue weighted by atomic mass is 16.3. The van der Waals surface area contributed by atoms with E-state index in [1.54, 1.807) is 29.2 Å². The van der Waals surface area contributed by atoms with E-state index in [1.807, 2.05) is 24.3 Å². The van der Waals surface area contributed by atoms with Crippen molar-refractivity contribution in [1.29, 1.82) is 0 Å². The minimum atomic E-state index is -0.839. The zero-order valence-electron chi connectivity index (χ0n) is 13.0. The third kappa shape index (κ3) is 3.69. The maximum atomic E-state index is 12.0. The molecule has 7 heteroatoms. The number of aromatic nitrogens is 3. The van der Waals surface area contributed by atoms with Gasteiger partial charge in [-0.1, -0.05) is 18.2 Å². The Morgan fingerprint density at radius 2 is 1.96 bits per heavy atom. The van der Waals surface area contributed by atoms with E-state index < -0.39 is 6.10 Å². The second kappa shape index (κ2) is 7.10. The monoisotopic (exact) mass is 326 g/mol. The lowest BCUT2D eigenvalue weighted by atomic mass is 10.3. The first kappa shape index (κ1) is 15.9. The summed E-state index contributed by atoms with van der Waals surface area (Å²) in [5.41, 5.74) is 1.52. The maximum Gasteiger partial charge on any atom is 0.250 e. The maximum absolute atomic E-state index is 12.0. The molecule has 0 saturated carbocycles. The molecule has 2 N–H and O–H groups in total. The largest absolute Gasteiger partial charge is 0.389 e. The van der Waals surface area contributed by atoms with Gasteiger partial charge in [-0.2, -0.15) is 0 Å². The number of carbonyl (C=O) groups excluding carboxylic acids is 1. The van der Waals surface area contributed by atoms with Gasteiger partial charge in [0.05, 0.1) is 30.0 Å². The Morgan fingerprint density at radius 1 is 1.17 bits per heavy atom. The number of imidazole rings is 1. The number of pyridine rings is 1. The summed E-state index contributed by atoms with van der Waals surface area (Å²) in [5, 5.41) is 12.7. The molecule has 124 valence electrons. The van der Waals surface area contributed by atoms with Crippen LogP contribution < -0.4 is 10.9 Å². The predicted octanol–water partition coefficient (Wildman–Crippen LogP) is 0.375. The molecule has 0 spiro atoms. The van der Waals surface area contributed by atoms with Crippen molar-refractivity contribution in [2.45, 2.75) is 19.2 Å². The van der Waals surface area contributed by atoms with Gasteiger partial charge < -0.3 is 19.6 Å². The smallest absolute Gasteiger partial charge is 0.250 e. The molecule has 0 aliphatic rings. The second-order valence-electron chi connectivity index (χ2n) is 5.51. The summed E-state index contributed by atoms with van der Waals surface area (Å²) in [5.74, 6) is -0.224. The van der Waals surface area contributed by atoms with Crippen molar-refractivity contribution < 1.29 is 9.90 Å². The fourth-order valence-corrected chi connectivity index (χ4v) is 2.48. The predicted molar refractivity (Wildman–Crippen MR) is 89.5 cm³/mol. The Bertz CT molecular complexity index is 900. The number of hydrogen-bond donors (Lipinski definition) is 2. The summed E-state index contributed by atoms with van der Waals surface area (Å²) in [6.45, 7) is 0.333. The van der Waals surface area contributed by atoms with Crippen molar-refractivity contribution in [2.24, 2.45) is 0 Å². The zero-order valence-corrected chi connectivity index (χ0v) is 13.0. The second-order valence-corrected chi connectivity index (χ2v) is 5.51. The number of aliphatic hydroxyl groups is 1. The molecular formula is C17H18N4O3. The molecule has 24 heavy (non-hydrogen) atoms. The van der Waals surface area contributed by atoms with E-state index in [9.17, 15) is 14.7 Å². The van der Waals surface area contributed by atoms with Gasteiger partial charge >= 0.3 is 0 Å². The minimum Gasteiger partial charge on any atom is -0.389 e. The highest BCUT2D eigenvalue weighted by molar-refractivity contribution is 5.80. The van der Waals surface area contributed by atoms with E-state index in [0.717, 1.165) is 11.0 Å². The van der Waals surface area contributed by atoms with E-state index in [-0.39, 0.29) is 31.1 Å². The molecule has 1 unspecified atom stereocenters. The Labute approximate surface area is 138 Å². The van der Waals surface area contributed by atoms with Crippen LogP contribution in [0, 0.1) is 0 Å². The number of nitrogens with zero attached hydrogens (tertiary/aromatic N) is 3. The standard InChI is InChI=1S/C17H18N4O3/c22-13(10-20-8-4-3-7-17(20)24)9-18-16(23)11-21-12-19-14-5-1-2-6-15(14)21/h1-8,12-13,22H,9-11H2,(H,18,23). The molecule has 0 radical (unpaired) electrons. The molecule has 1 atom stereocenters. The first-order chi connectivity index (χ1) is 11.6. The first-order valence-electron chi connectivity index (χ1n) is 7.63.